The third-order valence-electron chi connectivity index (χ3n) is 7.38. The molecule has 1 saturated heterocycles. The molecular weight excluding hydrogens is 518 g/mol. The molecule has 0 aromatic heterocycles. The van der Waals surface area contributed by atoms with Crippen LogP contribution in [0.1, 0.15) is 128 Å². The van der Waals surface area contributed by atoms with Gasteiger partial charge in [-0.25, -0.2) is 4.79 Å². The Balaban J connectivity index is 1.71. The van der Waals surface area contributed by atoms with Crippen molar-refractivity contribution in [1.82, 2.24) is 15.3 Å². The van der Waals surface area contributed by atoms with Crippen LogP contribution in [-0.2, 0) is 20.9 Å². The number of likely N-dealkylation sites (tertiary alicyclic amines) is 1. The van der Waals surface area contributed by atoms with Gasteiger partial charge in [-0.1, -0.05) is 76.8 Å². The molecule has 0 spiro atoms. The Kier molecular flexibility index (Phi) is 15.8. The normalized spacial score (nSPS) is 14.2. The van der Waals surface area contributed by atoms with E-state index in [4.69, 9.17) is 9.57 Å². The number of piperidine rings is 1. The van der Waals surface area contributed by atoms with E-state index in [1.165, 1.54) is 58.3 Å². The van der Waals surface area contributed by atoms with Crippen LogP contribution in [0.5, 0.6) is 0 Å². The van der Waals surface area contributed by atoms with Crippen molar-refractivity contribution in [2.75, 3.05) is 26.2 Å². The second-order valence-electron chi connectivity index (χ2n) is 12.5. The Bertz CT molecular complexity index is 904. The van der Waals surface area contributed by atoms with E-state index < -0.39 is 5.60 Å². The quantitative estimate of drug-likeness (QED) is 0.156. The Morgan fingerprint density at radius 1 is 0.902 bits per heavy atom. The van der Waals surface area contributed by atoms with E-state index in [1.54, 1.807) is 9.96 Å². The summed E-state index contributed by atoms with van der Waals surface area (Å²) in [7, 11) is 0. The first kappa shape index (κ1) is 34.6. The second kappa shape index (κ2) is 18.7. The van der Waals surface area contributed by atoms with E-state index in [1.807, 2.05) is 45.0 Å². The highest BCUT2D eigenvalue weighted by Crippen LogP contribution is 2.22. The van der Waals surface area contributed by atoms with E-state index in [2.05, 4.69) is 12.2 Å². The van der Waals surface area contributed by atoms with Crippen molar-refractivity contribution in [2.24, 2.45) is 5.92 Å². The average Bonchev–Trinajstić information content (AvgIpc) is 2.91. The monoisotopic (exact) mass is 573 g/mol. The van der Waals surface area contributed by atoms with Gasteiger partial charge in [-0.2, -0.15) is 0 Å². The molecule has 232 valence electrons. The van der Waals surface area contributed by atoms with Gasteiger partial charge in [0.25, 0.3) is 5.91 Å². The highest BCUT2D eigenvalue weighted by Gasteiger charge is 2.28. The molecule has 8 nitrogen and oxygen atoms in total. The minimum Gasteiger partial charge on any atom is -0.444 e. The first-order valence-electron chi connectivity index (χ1n) is 15.9. The zero-order valence-electron chi connectivity index (χ0n) is 26.3. The van der Waals surface area contributed by atoms with Gasteiger partial charge in [-0.05, 0) is 63.6 Å². The van der Waals surface area contributed by atoms with Crippen LogP contribution in [0.2, 0.25) is 0 Å². The smallest absolute Gasteiger partial charge is 0.410 e. The molecule has 1 aromatic rings. The van der Waals surface area contributed by atoms with Gasteiger partial charge in [0.1, 0.15) is 5.60 Å². The number of unbranched alkanes of at least 4 members (excludes halogenated alkanes) is 9. The lowest BCUT2D eigenvalue weighted by molar-refractivity contribution is -0.194. The number of nitrogens with one attached hydrogen (secondary N) is 1. The molecule has 1 aliphatic heterocycles. The zero-order chi connectivity index (χ0) is 30.1. The number of carbonyl (C=O) groups excluding carboxylic acids is 3. The van der Waals surface area contributed by atoms with E-state index in [0.29, 0.717) is 44.2 Å². The van der Waals surface area contributed by atoms with Crippen LogP contribution >= 0.6 is 0 Å². The SMILES string of the molecule is CCCCCCCCCCCCNC(=O)c1ccc(CN(CC2CCN(C(=O)OC(C)(C)C)CC2)OC(C)=O)cc1. The molecule has 0 atom stereocenters. The number of carbonyl (C=O) groups is 3. The lowest BCUT2D eigenvalue weighted by Gasteiger charge is -2.35. The number of hydroxylamine groups is 2. The van der Waals surface area contributed by atoms with E-state index >= 15 is 0 Å². The molecule has 1 aromatic carbocycles. The van der Waals surface area contributed by atoms with Crippen LogP contribution in [-0.4, -0.2) is 59.7 Å². The number of nitrogens with zero attached hydrogens (tertiary/aromatic N) is 2. The molecule has 0 unspecified atom stereocenters. The van der Waals surface area contributed by atoms with Gasteiger partial charge in [0.05, 0.1) is 6.54 Å². The van der Waals surface area contributed by atoms with E-state index in [-0.39, 0.29) is 18.0 Å². The number of amides is 2. The fraction of sp³-hybridized carbons (Fsp3) is 0.727. The molecule has 8 heteroatoms. The molecule has 2 amide bonds. The van der Waals surface area contributed by atoms with Crippen molar-refractivity contribution in [1.29, 1.82) is 0 Å². The Labute approximate surface area is 248 Å². The van der Waals surface area contributed by atoms with Crippen LogP contribution in [0, 0.1) is 5.92 Å². The number of benzene rings is 1. The predicted octanol–water partition coefficient (Wildman–Crippen LogP) is 7.26. The molecule has 2 rings (SSSR count). The Hall–Kier alpha value is -2.61. The maximum absolute atomic E-state index is 12.6. The Morgan fingerprint density at radius 2 is 1.46 bits per heavy atom. The van der Waals surface area contributed by atoms with E-state index in [0.717, 1.165) is 31.2 Å². The third-order valence-corrected chi connectivity index (χ3v) is 7.38. The summed E-state index contributed by atoms with van der Waals surface area (Å²) in [6.45, 7) is 12.2. The molecule has 1 aliphatic rings. The molecule has 0 radical (unpaired) electrons. The molecule has 0 bridgehead atoms. The van der Waals surface area contributed by atoms with Crippen molar-refractivity contribution < 1.29 is 24.0 Å². The molecule has 0 saturated carbocycles. The highest BCUT2D eigenvalue weighted by atomic mass is 16.7. The Morgan fingerprint density at radius 3 is 2.00 bits per heavy atom. The van der Waals surface area contributed by atoms with Crippen LogP contribution < -0.4 is 5.32 Å². The van der Waals surface area contributed by atoms with Crippen LogP contribution in [0.25, 0.3) is 0 Å². The van der Waals surface area contributed by atoms with Crippen LogP contribution in [0.15, 0.2) is 24.3 Å². The molecule has 1 heterocycles. The topological polar surface area (TPSA) is 88.2 Å². The van der Waals surface area contributed by atoms with Crippen molar-refractivity contribution in [3.05, 3.63) is 35.4 Å². The number of hydrogen-bond acceptors (Lipinski definition) is 6. The standard InChI is InChI=1S/C33H55N3O5/c1-6-7-8-9-10-11-12-13-14-15-22-34-31(38)30-18-16-28(17-19-30)25-36(41-27(2)37)26-29-20-23-35(24-21-29)32(39)40-33(3,4)5/h16-19,29H,6-15,20-26H2,1-5H3,(H,34,38). The summed E-state index contributed by atoms with van der Waals surface area (Å²) in [6, 6.07) is 7.48. The van der Waals surface area contributed by atoms with Crippen molar-refractivity contribution in [3.8, 4) is 0 Å². The van der Waals surface area contributed by atoms with Gasteiger partial charge in [0.15, 0.2) is 0 Å². The second-order valence-corrected chi connectivity index (χ2v) is 12.5. The van der Waals surface area contributed by atoms with Gasteiger partial charge in [0, 0.05) is 38.7 Å². The summed E-state index contributed by atoms with van der Waals surface area (Å²) in [5, 5.41) is 4.72. The predicted molar refractivity (Wildman–Crippen MR) is 163 cm³/mol. The lowest BCUT2D eigenvalue weighted by Crippen LogP contribution is -2.43. The first-order chi connectivity index (χ1) is 19.6. The van der Waals surface area contributed by atoms with Gasteiger partial charge in [-0.3, -0.25) is 9.59 Å². The summed E-state index contributed by atoms with van der Waals surface area (Å²) in [6.07, 6.45) is 14.1. The zero-order valence-corrected chi connectivity index (χ0v) is 26.3. The van der Waals surface area contributed by atoms with Gasteiger partial charge in [0.2, 0.25) is 0 Å². The van der Waals surface area contributed by atoms with Crippen molar-refractivity contribution >= 4 is 18.0 Å². The number of hydrogen-bond donors (Lipinski definition) is 1. The molecular formula is C33H55N3O5. The van der Waals surface area contributed by atoms with Gasteiger partial charge in [-0.15, -0.1) is 5.06 Å². The molecule has 1 N–H and O–H groups in total. The summed E-state index contributed by atoms with van der Waals surface area (Å²) >= 11 is 0. The summed E-state index contributed by atoms with van der Waals surface area (Å²) in [5.74, 6) is -0.121. The van der Waals surface area contributed by atoms with Gasteiger partial charge >= 0.3 is 12.1 Å². The molecule has 1 fully saturated rings. The first-order valence-corrected chi connectivity index (χ1v) is 15.9. The minimum absolute atomic E-state index is 0.0546. The van der Waals surface area contributed by atoms with Crippen LogP contribution in [0.4, 0.5) is 4.79 Å². The number of ether oxygens (including phenoxy) is 1. The minimum atomic E-state index is -0.511. The third kappa shape index (κ3) is 15.3. The largest absolute Gasteiger partial charge is 0.444 e. The van der Waals surface area contributed by atoms with Crippen molar-refractivity contribution in [3.63, 3.8) is 0 Å². The summed E-state index contributed by atoms with van der Waals surface area (Å²) < 4.78 is 5.49. The highest BCUT2D eigenvalue weighted by molar-refractivity contribution is 5.94. The fourth-order valence-electron chi connectivity index (χ4n) is 5.11. The van der Waals surface area contributed by atoms with Crippen LogP contribution in [0.3, 0.4) is 0 Å². The summed E-state index contributed by atoms with van der Waals surface area (Å²) in [5.41, 5.74) is 1.08. The van der Waals surface area contributed by atoms with E-state index in [9.17, 15) is 14.4 Å². The lowest BCUT2D eigenvalue weighted by atomic mass is 9.97. The maximum atomic E-state index is 12.6. The molecule has 41 heavy (non-hydrogen) atoms. The van der Waals surface area contributed by atoms with Crippen molar-refractivity contribution in [2.45, 2.75) is 124 Å². The average molecular weight is 574 g/mol. The number of rotatable bonds is 17. The fourth-order valence-corrected chi connectivity index (χ4v) is 5.11. The van der Waals surface area contributed by atoms with Gasteiger partial charge < -0.3 is 19.8 Å². The molecule has 0 aliphatic carbocycles. The summed E-state index contributed by atoms with van der Waals surface area (Å²) in [4.78, 5) is 43.9. The maximum Gasteiger partial charge on any atom is 0.410 e.